The normalized spacial score (nSPS) is 22.0. The summed E-state index contributed by atoms with van der Waals surface area (Å²) in [5.74, 6) is -0.837. The van der Waals surface area contributed by atoms with E-state index in [1.54, 1.807) is 0 Å². The number of hydrogen-bond donors (Lipinski definition) is 3. The highest BCUT2D eigenvalue weighted by Gasteiger charge is 2.34. The van der Waals surface area contributed by atoms with Gasteiger partial charge in [-0.2, -0.15) is 0 Å². The molecule has 5 N–H and O–H groups in total. The van der Waals surface area contributed by atoms with E-state index in [-0.39, 0.29) is 0 Å². The summed E-state index contributed by atoms with van der Waals surface area (Å²) in [6, 6.07) is 0. The van der Waals surface area contributed by atoms with Crippen LogP contribution in [0.5, 0.6) is 0 Å². The van der Waals surface area contributed by atoms with Gasteiger partial charge in [-0.3, -0.25) is 0 Å². The van der Waals surface area contributed by atoms with Crippen LogP contribution in [-0.4, -0.2) is 64.2 Å². The second-order valence-electron chi connectivity index (χ2n) is 7.66. The Hall–Kier alpha value is -0.280. The number of ether oxygens (including phenoxy) is 4. The Balaban J connectivity index is 1.60. The molecule has 0 radical (unpaired) electrons. The third kappa shape index (κ3) is 8.31. The highest BCUT2D eigenvalue weighted by Crippen LogP contribution is 2.33. The summed E-state index contributed by atoms with van der Waals surface area (Å²) >= 11 is 0. The van der Waals surface area contributed by atoms with Crippen molar-refractivity contribution in [3.8, 4) is 0 Å². The molecule has 7 heteroatoms. The van der Waals surface area contributed by atoms with Crippen molar-refractivity contribution >= 4 is 0 Å². The molecule has 0 saturated heterocycles. The number of nitrogens with two attached hydrogens (primary N) is 2. The van der Waals surface area contributed by atoms with Gasteiger partial charge in [0.1, 0.15) is 0 Å². The molecule has 160 valence electrons. The lowest BCUT2D eigenvalue weighted by atomic mass is 9.94. The summed E-state index contributed by atoms with van der Waals surface area (Å²) in [6.45, 7) is 5.04. The predicted molar refractivity (Wildman–Crippen MR) is 106 cm³/mol. The van der Waals surface area contributed by atoms with Crippen LogP contribution in [0.3, 0.4) is 0 Å². The molecule has 0 aliphatic heterocycles. The molecule has 0 bridgehead atoms. The second-order valence-corrected chi connectivity index (χ2v) is 7.66. The Bertz CT molecular complexity index is 338. The van der Waals surface area contributed by atoms with Gasteiger partial charge in [-0.15, -0.1) is 0 Å². The molecule has 2 aliphatic carbocycles. The van der Waals surface area contributed by atoms with Gasteiger partial charge in [-0.25, -0.2) is 0 Å². The first-order valence-corrected chi connectivity index (χ1v) is 10.9. The molecular formula is C20H41N3O4. The highest BCUT2D eigenvalue weighted by molar-refractivity contribution is 4.77. The lowest BCUT2D eigenvalue weighted by Gasteiger charge is -2.37. The van der Waals surface area contributed by atoms with E-state index >= 15 is 0 Å². The molecule has 2 saturated carbocycles. The van der Waals surface area contributed by atoms with Gasteiger partial charge in [-0.05, 0) is 25.7 Å². The molecule has 0 amide bonds. The van der Waals surface area contributed by atoms with Gasteiger partial charge in [0, 0.05) is 51.9 Å². The summed E-state index contributed by atoms with van der Waals surface area (Å²) in [6.07, 6.45) is 11.1. The Labute approximate surface area is 164 Å². The minimum atomic E-state index is -0.419. The van der Waals surface area contributed by atoms with E-state index in [1.165, 1.54) is 12.8 Å². The van der Waals surface area contributed by atoms with Gasteiger partial charge in [0.15, 0.2) is 11.6 Å². The van der Waals surface area contributed by atoms with Crippen molar-refractivity contribution in [1.82, 2.24) is 5.32 Å². The van der Waals surface area contributed by atoms with Crippen LogP contribution in [-0.2, 0) is 18.9 Å². The predicted octanol–water partition coefficient (Wildman–Crippen LogP) is 1.88. The quantitative estimate of drug-likeness (QED) is 0.309. The SMILES string of the molecule is NCCOC1(OCCNCCOC2(OCCN)CCCCC2)CCCCC1. The molecule has 2 aliphatic rings. The molecule has 0 heterocycles. The first kappa shape index (κ1) is 23.0. The third-order valence-corrected chi connectivity index (χ3v) is 5.48. The Morgan fingerprint density at radius 3 is 1.30 bits per heavy atom. The van der Waals surface area contributed by atoms with Gasteiger partial charge in [0.25, 0.3) is 0 Å². The van der Waals surface area contributed by atoms with Crippen LogP contribution in [0.1, 0.15) is 64.2 Å². The number of nitrogens with one attached hydrogen (secondary N) is 1. The van der Waals surface area contributed by atoms with Gasteiger partial charge < -0.3 is 35.7 Å². The molecule has 2 rings (SSSR count). The van der Waals surface area contributed by atoms with Crippen molar-refractivity contribution in [2.75, 3.05) is 52.6 Å². The maximum atomic E-state index is 6.12. The Morgan fingerprint density at radius 1 is 0.556 bits per heavy atom. The molecule has 0 atom stereocenters. The average molecular weight is 388 g/mol. The van der Waals surface area contributed by atoms with Gasteiger partial charge >= 0.3 is 0 Å². The lowest BCUT2D eigenvalue weighted by Crippen LogP contribution is -2.42. The zero-order valence-corrected chi connectivity index (χ0v) is 17.0. The summed E-state index contributed by atoms with van der Waals surface area (Å²) in [4.78, 5) is 0. The summed E-state index contributed by atoms with van der Waals surface area (Å²) in [5.41, 5.74) is 11.2. The topological polar surface area (TPSA) is 101 Å². The average Bonchev–Trinajstić information content (AvgIpc) is 2.72. The molecule has 7 nitrogen and oxygen atoms in total. The fraction of sp³-hybridized carbons (Fsp3) is 1.00. The van der Waals surface area contributed by atoms with Crippen molar-refractivity contribution in [2.45, 2.75) is 75.8 Å². The van der Waals surface area contributed by atoms with Gasteiger partial charge in [-0.1, -0.05) is 12.8 Å². The Morgan fingerprint density at radius 2 is 0.926 bits per heavy atom. The number of hydrogen-bond acceptors (Lipinski definition) is 7. The molecule has 0 unspecified atom stereocenters. The van der Waals surface area contributed by atoms with E-state index < -0.39 is 11.6 Å². The van der Waals surface area contributed by atoms with E-state index in [4.69, 9.17) is 30.4 Å². The fourth-order valence-electron chi connectivity index (χ4n) is 4.07. The molecule has 0 aromatic rings. The monoisotopic (exact) mass is 387 g/mol. The molecule has 0 aromatic carbocycles. The first-order valence-electron chi connectivity index (χ1n) is 10.9. The van der Waals surface area contributed by atoms with Crippen molar-refractivity contribution in [3.05, 3.63) is 0 Å². The zero-order valence-electron chi connectivity index (χ0n) is 17.0. The van der Waals surface area contributed by atoms with Crippen LogP contribution in [0, 0.1) is 0 Å². The molecule has 27 heavy (non-hydrogen) atoms. The fourth-order valence-corrected chi connectivity index (χ4v) is 4.07. The molecule has 2 fully saturated rings. The number of rotatable bonds is 14. The van der Waals surface area contributed by atoms with E-state index in [9.17, 15) is 0 Å². The lowest BCUT2D eigenvalue weighted by molar-refractivity contribution is -0.252. The van der Waals surface area contributed by atoms with E-state index in [2.05, 4.69) is 5.32 Å². The van der Waals surface area contributed by atoms with Crippen LogP contribution in [0.25, 0.3) is 0 Å². The van der Waals surface area contributed by atoms with Crippen LogP contribution >= 0.6 is 0 Å². The molecular weight excluding hydrogens is 346 g/mol. The van der Waals surface area contributed by atoms with Gasteiger partial charge in [0.2, 0.25) is 0 Å². The maximum Gasteiger partial charge on any atom is 0.168 e. The minimum Gasteiger partial charge on any atom is -0.349 e. The standard InChI is InChI=1S/C20H41N3O4/c21-11-15-24-19(7-3-1-4-8-19)26-17-13-23-14-18-27-20(25-16-12-22)9-5-2-6-10-20/h23H,1-18,21-22H2. The molecule has 0 spiro atoms. The second kappa shape index (κ2) is 13.0. The Kier molecular flexibility index (Phi) is 11.1. The van der Waals surface area contributed by atoms with Crippen LogP contribution in [0.15, 0.2) is 0 Å². The van der Waals surface area contributed by atoms with Crippen molar-refractivity contribution < 1.29 is 18.9 Å². The molecule has 0 aromatic heterocycles. The largest absolute Gasteiger partial charge is 0.349 e. The van der Waals surface area contributed by atoms with Crippen LogP contribution < -0.4 is 16.8 Å². The van der Waals surface area contributed by atoms with Crippen LogP contribution in [0.2, 0.25) is 0 Å². The van der Waals surface area contributed by atoms with E-state index in [0.717, 1.165) is 64.5 Å². The minimum absolute atomic E-state index is 0.419. The van der Waals surface area contributed by atoms with Crippen molar-refractivity contribution in [1.29, 1.82) is 0 Å². The van der Waals surface area contributed by atoms with E-state index in [0.29, 0.717) is 39.5 Å². The first-order chi connectivity index (χ1) is 13.2. The smallest absolute Gasteiger partial charge is 0.168 e. The van der Waals surface area contributed by atoms with Gasteiger partial charge in [0.05, 0.1) is 26.4 Å². The summed E-state index contributed by atoms with van der Waals surface area (Å²) in [7, 11) is 0. The van der Waals surface area contributed by atoms with E-state index in [1.807, 2.05) is 0 Å². The van der Waals surface area contributed by atoms with Crippen molar-refractivity contribution in [3.63, 3.8) is 0 Å². The van der Waals surface area contributed by atoms with Crippen LogP contribution in [0.4, 0.5) is 0 Å². The van der Waals surface area contributed by atoms with Crippen molar-refractivity contribution in [2.24, 2.45) is 11.5 Å². The summed E-state index contributed by atoms with van der Waals surface area (Å²) in [5, 5.41) is 3.40. The maximum absolute atomic E-state index is 6.12. The zero-order chi connectivity index (χ0) is 19.3. The highest BCUT2D eigenvalue weighted by atomic mass is 16.7. The summed E-state index contributed by atoms with van der Waals surface area (Å²) < 4.78 is 24.1. The third-order valence-electron chi connectivity index (χ3n) is 5.48.